The van der Waals surface area contributed by atoms with Gasteiger partial charge in [-0.1, -0.05) is 49.9 Å². The Labute approximate surface area is 232 Å². The maximum Gasteiger partial charge on any atom is 0.283 e. The summed E-state index contributed by atoms with van der Waals surface area (Å²) in [7, 11) is 1.69. The Morgan fingerprint density at radius 2 is 1.90 bits per heavy atom. The average molecular weight is 546 g/mol. The molecule has 0 saturated carbocycles. The highest BCUT2D eigenvalue weighted by Gasteiger charge is 2.29. The zero-order valence-corrected chi connectivity index (χ0v) is 22.9. The van der Waals surface area contributed by atoms with Crippen LogP contribution >= 0.6 is 11.8 Å². The van der Waals surface area contributed by atoms with E-state index >= 15 is 0 Å². The van der Waals surface area contributed by atoms with Crippen molar-refractivity contribution >= 4 is 41.0 Å². The molecule has 1 N–H and O–H groups in total. The molecule has 9 nitrogen and oxygen atoms in total. The molecule has 2 amide bonds. The number of carbonyl (C=O) groups is 2. The highest BCUT2D eigenvalue weighted by molar-refractivity contribution is 7.99. The monoisotopic (exact) mass is 545 g/mol. The van der Waals surface area contributed by atoms with Gasteiger partial charge in [-0.3, -0.25) is 24.7 Å². The Balaban J connectivity index is 1.45. The van der Waals surface area contributed by atoms with Crippen LogP contribution in [0.2, 0.25) is 0 Å². The largest absolute Gasteiger partial charge is 0.336 e. The van der Waals surface area contributed by atoms with Gasteiger partial charge in [-0.15, -0.1) is 0 Å². The first-order chi connectivity index (χ1) is 18.7. The van der Waals surface area contributed by atoms with Crippen molar-refractivity contribution in [3.63, 3.8) is 0 Å². The summed E-state index contributed by atoms with van der Waals surface area (Å²) < 4.78 is 0. The number of hydrogen-bond donors (Lipinski definition) is 1. The third-order valence-electron chi connectivity index (χ3n) is 6.52. The van der Waals surface area contributed by atoms with Gasteiger partial charge in [0, 0.05) is 61.8 Å². The van der Waals surface area contributed by atoms with Crippen LogP contribution in [-0.4, -0.2) is 59.3 Å². The van der Waals surface area contributed by atoms with Crippen LogP contribution < -0.4 is 10.2 Å². The highest BCUT2D eigenvalue weighted by atomic mass is 32.2. The van der Waals surface area contributed by atoms with Gasteiger partial charge in [-0.05, 0) is 47.4 Å². The van der Waals surface area contributed by atoms with Crippen molar-refractivity contribution in [1.29, 1.82) is 0 Å². The number of pyridine rings is 1. The molecule has 1 aromatic heterocycles. The number of benzene rings is 2. The number of aromatic nitrogens is 1. The number of nitro benzene ring substituents is 1. The van der Waals surface area contributed by atoms with E-state index in [1.165, 1.54) is 23.9 Å². The van der Waals surface area contributed by atoms with Crippen LogP contribution in [0.25, 0.3) is 6.08 Å². The number of likely N-dealkylation sites (N-methyl/N-ethyl adjacent to an activating group) is 1. The first-order valence-electron chi connectivity index (χ1n) is 12.7. The third kappa shape index (κ3) is 6.90. The van der Waals surface area contributed by atoms with E-state index in [0.717, 1.165) is 16.1 Å². The van der Waals surface area contributed by atoms with Crippen LogP contribution in [0.3, 0.4) is 0 Å². The van der Waals surface area contributed by atoms with Gasteiger partial charge >= 0.3 is 0 Å². The number of nitrogens with one attached hydrogen (secondary N) is 1. The van der Waals surface area contributed by atoms with Crippen molar-refractivity contribution in [1.82, 2.24) is 15.2 Å². The summed E-state index contributed by atoms with van der Waals surface area (Å²) in [5, 5.41) is 15.1. The van der Waals surface area contributed by atoms with Crippen molar-refractivity contribution < 1.29 is 14.5 Å². The van der Waals surface area contributed by atoms with Crippen LogP contribution in [0.1, 0.15) is 30.9 Å². The Bertz CT molecular complexity index is 1380. The summed E-state index contributed by atoms with van der Waals surface area (Å²) in [6, 6.07) is 15.8. The Hall–Kier alpha value is -4.02. The second-order valence-electron chi connectivity index (χ2n) is 9.51. The molecule has 202 valence electrons. The molecule has 2 aromatic carbocycles. The third-order valence-corrected chi connectivity index (χ3v) is 7.68. The standard InChI is InChI=1S/C29H31N5O4S/c1-20(2)23-6-4-5-7-26(23)39-27-10-8-21(18-25(27)34(37)38)9-11-28(35)33-17-16-31-24(19-33)29(36)32(3)22-12-14-30-15-13-22/h4-15,18,20,24,31H,16-17,19H2,1-3H3/b11-9+. The Kier molecular flexibility index (Phi) is 9.11. The van der Waals surface area contributed by atoms with E-state index in [0.29, 0.717) is 23.5 Å². The van der Waals surface area contributed by atoms with Gasteiger partial charge in [-0.2, -0.15) is 0 Å². The number of anilines is 1. The fourth-order valence-electron chi connectivity index (χ4n) is 4.35. The smallest absolute Gasteiger partial charge is 0.283 e. The summed E-state index contributed by atoms with van der Waals surface area (Å²) in [5.74, 6) is -0.116. The van der Waals surface area contributed by atoms with E-state index in [9.17, 15) is 19.7 Å². The number of nitrogens with zero attached hydrogens (tertiary/aromatic N) is 4. The van der Waals surface area contributed by atoms with Gasteiger partial charge in [0.2, 0.25) is 11.8 Å². The molecule has 1 fully saturated rings. The van der Waals surface area contributed by atoms with E-state index in [4.69, 9.17) is 0 Å². The van der Waals surface area contributed by atoms with Gasteiger partial charge < -0.3 is 15.1 Å². The first kappa shape index (κ1) is 28.0. The SMILES string of the molecule is CC(C)c1ccccc1Sc1ccc(/C=C/C(=O)N2CCNC(C(=O)N(C)c3ccncc3)C2)cc1[N+](=O)[O-]. The fourth-order valence-corrected chi connectivity index (χ4v) is 5.53. The van der Waals surface area contributed by atoms with Gasteiger partial charge in [0.25, 0.3) is 5.69 Å². The first-order valence-corrected chi connectivity index (χ1v) is 13.5. The molecule has 3 aromatic rings. The molecule has 1 unspecified atom stereocenters. The normalized spacial score (nSPS) is 15.5. The number of nitro groups is 1. The molecule has 1 aliphatic heterocycles. The lowest BCUT2D eigenvalue weighted by Crippen LogP contribution is -2.58. The predicted molar refractivity (Wildman–Crippen MR) is 153 cm³/mol. The molecule has 1 atom stereocenters. The molecule has 0 bridgehead atoms. The number of carbonyl (C=O) groups excluding carboxylic acids is 2. The summed E-state index contributed by atoms with van der Waals surface area (Å²) in [5.41, 5.74) is 2.39. The van der Waals surface area contributed by atoms with Crippen molar-refractivity contribution in [2.75, 3.05) is 31.6 Å². The second-order valence-corrected chi connectivity index (χ2v) is 10.6. The minimum absolute atomic E-state index is 0.0138. The second kappa shape index (κ2) is 12.7. The zero-order valence-electron chi connectivity index (χ0n) is 22.1. The minimum atomic E-state index is -0.541. The summed E-state index contributed by atoms with van der Waals surface area (Å²) in [6.45, 7) is 5.34. The lowest BCUT2D eigenvalue weighted by Gasteiger charge is -2.34. The number of rotatable bonds is 8. The Morgan fingerprint density at radius 1 is 1.15 bits per heavy atom. The van der Waals surface area contributed by atoms with Crippen LogP contribution in [-0.2, 0) is 9.59 Å². The number of amides is 2. The van der Waals surface area contributed by atoms with E-state index in [2.05, 4.69) is 24.1 Å². The van der Waals surface area contributed by atoms with Crippen molar-refractivity contribution in [3.05, 3.63) is 94.3 Å². The van der Waals surface area contributed by atoms with Crippen LogP contribution in [0, 0.1) is 10.1 Å². The number of hydrogen-bond acceptors (Lipinski definition) is 7. The van der Waals surface area contributed by atoms with E-state index in [1.807, 2.05) is 24.3 Å². The molecule has 0 aliphatic carbocycles. The molecular weight excluding hydrogens is 514 g/mol. The average Bonchev–Trinajstić information content (AvgIpc) is 2.96. The lowest BCUT2D eigenvalue weighted by molar-refractivity contribution is -0.387. The summed E-state index contributed by atoms with van der Waals surface area (Å²) in [4.78, 5) is 46.1. The molecule has 4 rings (SSSR count). The molecule has 2 heterocycles. The minimum Gasteiger partial charge on any atom is -0.336 e. The quantitative estimate of drug-likeness (QED) is 0.247. The van der Waals surface area contributed by atoms with Gasteiger partial charge in [-0.25, -0.2) is 0 Å². The highest BCUT2D eigenvalue weighted by Crippen LogP contribution is 2.39. The maximum absolute atomic E-state index is 13.0. The lowest BCUT2D eigenvalue weighted by atomic mass is 10.0. The predicted octanol–water partition coefficient (Wildman–Crippen LogP) is 4.74. The van der Waals surface area contributed by atoms with Crippen LogP contribution in [0.15, 0.2) is 82.9 Å². The van der Waals surface area contributed by atoms with E-state index in [1.54, 1.807) is 59.6 Å². The van der Waals surface area contributed by atoms with Crippen LogP contribution in [0.4, 0.5) is 11.4 Å². The Morgan fingerprint density at radius 3 is 2.62 bits per heavy atom. The van der Waals surface area contributed by atoms with Gasteiger partial charge in [0.1, 0.15) is 6.04 Å². The van der Waals surface area contributed by atoms with Gasteiger partial charge in [0.05, 0.1) is 9.82 Å². The van der Waals surface area contributed by atoms with E-state index in [-0.39, 0.29) is 30.0 Å². The topological polar surface area (TPSA) is 109 Å². The molecule has 1 saturated heterocycles. The summed E-state index contributed by atoms with van der Waals surface area (Å²) >= 11 is 1.37. The van der Waals surface area contributed by atoms with Crippen molar-refractivity contribution in [3.8, 4) is 0 Å². The molecule has 0 spiro atoms. The fraction of sp³-hybridized carbons (Fsp3) is 0.276. The zero-order chi connectivity index (χ0) is 27.9. The maximum atomic E-state index is 13.0. The summed E-state index contributed by atoms with van der Waals surface area (Å²) in [6.07, 6.45) is 6.22. The van der Waals surface area contributed by atoms with Crippen molar-refractivity contribution in [2.45, 2.75) is 35.6 Å². The van der Waals surface area contributed by atoms with E-state index < -0.39 is 11.0 Å². The molecular formula is C29H31N5O4S. The molecule has 39 heavy (non-hydrogen) atoms. The molecule has 0 radical (unpaired) electrons. The van der Waals surface area contributed by atoms with Crippen molar-refractivity contribution in [2.24, 2.45) is 0 Å². The molecule has 10 heteroatoms. The van der Waals surface area contributed by atoms with Crippen LogP contribution in [0.5, 0.6) is 0 Å². The molecule has 1 aliphatic rings. The number of piperazine rings is 1. The van der Waals surface area contributed by atoms with Gasteiger partial charge in [0.15, 0.2) is 0 Å².